The topological polar surface area (TPSA) is 24.5 Å². The number of nitrogens with zero attached hydrogens (tertiary/aromatic N) is 1. The van der Waals surface area contributed by atoms with Crippen LogP contribution in [0.1, 0.15) is 19.4 Å². The van der Waals surface area contributed by atoms with Crippen LogP contribution in [-0.2, 0) is 6.54 Å². The van der Waals surface area contributed by atoms with Crippen LogP contribution in [0.15, 0.2) is 18.2 Å². The molecule has 2 saturated heterocycles. The van der Waals surface area contributed by atoms with Gasteiger partial charge in [-0.25, -0.2) is 0 Å². The summed E-state index contributed by atoms with van der Waals surface area (Å²) in [5, 5.41) is 4.22. The predicted molar refractivity (Wildman–Crippen MR) is 82.3 cm³/mol. The molecule has 1 aromatic carbocycles. The van der Waals surface area contributed by atoms with Crippen molar-refractivity contribution >= 4 is 11.6 Å². The van der Waals surface area contributed by atoms with Crippen LogP contribution in [0.3, 0.4) is 0 Å². The Kier molecular flexibility index (Phi) is 3.69. The molecule has 2 heterocycles. The van der Waals surface area contributed by atoms with Gasteiger partial charge in [0.1, 0.15) is 5.75 Å². The maximum absolute atomic E-state index is 6.23. The molecular weight excluding hydrogens is 272 g/mol. The Morgan fingerprint density at radius 2 is 2.20 bits per heavy atom. The van der Waals surface area contributed by atoms with E-state index in [1.165, 1.54) is 12.1 Å². The second-order valence-electron chi connectivity index (χ2n) is 6.53. The van der Waals surface area contributed by atoms with E-state index in [2.05, 4.69) is 30.1 Å². The molecule has 0 radical (unpaired) electrons. The van der Waals surface area contributed by atoms with Gasteiger partial charge >= 0.3 is 0 Å². The number of methoxy groups -OCH3 is 1. The van der Waals surface area contributed by atoms with E-state index in [9.17, 15) is 0 Å². The minimum absolute atomic E-state index is 0.251. The van der Waals surface area contributed by atoms with Gasteiger partial charge in [-0.3, -0.25) is 4.90 Å². The molecular formula is C16H23ClN2O. The molecule has 3 rings (SSSR count). The molecule has 3 nitrogen and oxygen atoms in total. The first kappa shape index (κ1) is 14.2. The third-order valence-electron chi connectivity index (χ3n) is 5.11. The van der Waals surface area contributed by atoms with Crippen molar-refractivity contribution in [2.45, 2.75) is 25.9 Å². The lowest BCUT2D eigenvalue weighted by atomic mass is 9.85. The molecule has 110 valence electrons. The molecule has 1 N–H and O–H groups in total. The van der Waals surface area contributed by atoms with Crippen molar-refractivity contribution < 1.29 is 4.74 Å². The predicted octanol–water partition coefficient (Wildman–Crippen LogP) is 2.78. The van der Waals surface area contributed by atoms with E-state index >= 15 is 0 Å². The van der Waals surface area contributed by atoms with Crippen LogP contribution in [0.2, 0.25) is 5.02 Å². The minimum Gasteiger partial charge on any atom is -0.495 e. The van der Waals surface area contributed by atoms with Gasteiger partial charge in [-0.05, 0) is 49.9 Å². The average molecular weight is 295 g/mol. The maximum Gasteiger partial charge on any atom is 0.137 e. The lowest BCUT2D eigenvalue weighted by molar-refractivity contribution is 0.132. The zero-order valence-electron chi connectivity index (χ0n) is 12.4. The summed E-state index contributed by atoms with van der Waals surface area (Å²) in [4.78, 5) is 2.60. The van der Waals surface area contributed by atoms with Gasteiger partial charge in [0.05, 0.1) is 12.1 Å². The van der Waals surface area contributed by atoms with Gasteiger partial charge in [0.15, 0.2) is 0 Å². The highest BCUT2D eigenvalue weighted by Crippen LogP contribution is 2.41. The van der Waals surface area contributed by atoms with Crippen LogP contribution in [0.25, 0.3) is 0 Å². The molecule has 20 heavy (non-hydrogen) atoms. The minimum atomic E-state index is 0.251. The number of ether oxygens (including phenoxy) is 1. The van der Waals surface area contributed by atoms with Gasteiger partial charge in [-0.15, -0.1) is 0 Å². The van der Waals surface area contributed by atoms with Crippen LogP contribution in [-0.4, -0.2) is 37.2 Å². The molecule has 1 aromatic rings. The number of nitrogens with one attached hydrogen (secondary N) is 1. The Morgan fingerprint density at radius 3 is 2.85 bits per heavy atom. The van der Waals surface area contributed by atoms with Crippen LogP contribution in [0.5, 0.6) is 5.75 Å². The van der Waals surface area contributed by atoms with E-state index in [1.807, 2.05) is 12.1 Å². The van der Waals surface area contributed by atoms with Crippen molar-refractivity contribution in [3.8, 4) is 5.75 Å². The SMILES string of the molecule is COc1ccc(CN2CC3CNCC3C2(C)C)cc1Cl. The smallest absolute Gasteiger partial charge is 0.137 e. The van der Waals surface area contributed by atoms with E-state index in [4.69, 9.17) is 16.3 Å². The second kappa shape index (κ2) is 5.21. The Labute approximate surface area is 126 Å². The molecule has 2 aliphatic rings. The number of fused-ring (bicyclic) bond motifs is 1. The van der Waals surface area contributed by atoms with Crippen LogP contribution >= 0.6 is 11.6 Å². The van der Waals surface area contributed by atoms with Crippen LogP contribution < -0.4 is 10.1 Å². The van der Waals surface area contributed by atoms with Gasteiger partial charge in [0, 0.05) is 25.2 Å². The molecule has 0 bridgehead atoms. The van der Waals surface area contributed by atoms with Gasteiger partial charge in [0.2, 0.25) is 0 Å². The van der Waals surface area contributed by atoms with Gasteiger partial charge in [-0.2, -0.15) is 0 Å². The zero-order chi connectivity index (χ0) is 14.3. The lowest BCUT2D eigenvalue weighted by Crippen LogP contribution is -2.43. The molecule has 0 aromatic heterocycles. The summed E-state index contributed by atoms with van der Waals surface area (Å²) < 4.78 is 5.22. The summed E-state index contributed by atoms with van der Waals surface area (Å²) in [7, 11) is 1.65. The van der Waals surface area contributed by atoms with E-state index in [0.29, 0.717) is 5.02 Å². The highest BCUT2D eigenvalue weighted by Gasteiger charge is 2.49. The molecule has 4 heteroatoms. The fourth-order valence-electron chi connectivity index (χ4n) is 3.80. The van der Waals surface area contributed by atoms with Crippen molar-refractivity contribution in [2.75, 3.05) is 26.7 Å². The normalized spacial score (nSPS) is 28.6. The maximum atomic E-state index is 6.23. The second-order valence-corrected chi connectivity index (χ2v) is 6.94. The lowest BCUT2D eigenvalue weighted by Gasteiger charge is -2.35. The molecule has 2 unspecified atom stereocenters. The van der Waals surface area contributed by atoms with Crippen molar-refractivity contribution in [1.82, 2.24) is 10.2 Å². The number of rotatable bonds is 3. The van der Waals surface area contributed by atoms with E-state index in [1.54, 1.807) is 7.11 Å². The van der Waals surface area contributed by atoms with Gasteiger partial charge in [-0.1, -0.05) is 17.7 Å². The van der Waals surface area contributed by atoms with Crippen molar-refractivity contribution in [3.63, 3.8) is 0 Å². The summed E-state index contributed by atoms with van der Waals surface area (Å²) in [6.45, 7) is 9.19. The number of benzene rings is 1. The largest absolute Gasteiger partial charge is 0.495 e. The van der Waals surface area contributed by atoms with Crippen LogP contribution in [0, 0.1) is 11.8 Å². The van der Waals surface area contributed by atoms with Crippen LogP contribution in [0.4, 0.5) is 0 Å². The summed E-state index contributed by atoms with van der Waals surface area (Å²) in [5.74, 6) is 2.30. The van der Waals surface area contributed by atoms with Crippen molar-refractivity contribution in [2.24, 2.45) is 11.8 Å². The number of hydrogen-bond donors (Lipinski definition) is 1. The number of halogens is 1. The highest BCUT2D eigenvalue weighted by molar-refractivity contribution is 6.32. The molecule has 2 fully saturated rings. The van der Waals surface area contributed by atoms with Gasteiger partial charge in [0.25, 0.3) is 0 Å². The molecule has 0 saturated carbocycles. The average Bonchev–Trinajstić information content (AvgIpc) is 2.94. The fourth-order valence-corrected chi connectivity index (χ4v) is 4.08. The quantitative estimate of drug-likeness (QED) is 0.928. The Hall–Kier alpha value is -0.770. The molecule has 0 amide bonds. The number of likely N-dealkylation sites (tertiary alicyclic amines) is 1. The summed E-state index contributed by atoms with van der Waals surface area (Å²) in [6.07, 6.45) is 0. The molecule has 0 spiro atoms. The zero-order valence-corrected chi connectivity index (χ0v) is 13.2. The van der Waals surface area contributed by atoms with Crippen molar-refractivity contribution in [1.29, 1.82) is 0 Å². The monoisotopic (exact) mass is 294 g/mol. The summed E-state index contributed by atoms with van der Waals surface area (Å²) >= 11 is 6.23. The van der Waals surface area contributed by atoms with E-state index < -0.39 is 0 Å². The molecule has 2 aliphatic heterocycles. The fraction of sp³-hybridized carbons (Fsp3) is 0.625. The van der Waals surface area contributed by atoms with Crippen molar-refractivity contribution in [3.05, 3.63) is 28.8 Å². The van der Waals surface area contributed by atoms with E-state index in [0.717, 1.165) is 37.2 Å². The third-order valence-corrected chi connectivity index (χ3v) is 5.40. The van der Waals surface area contributed by atoms with Gasteiger partial charge < -0.3 is 10.1 Å². The first-order valence-corrected chi connectivity index (χ1v) is 7.68. The van der Waals surface area contributed by atoms with E-state index in [-0.39, 0.29) is 5.54 Å². The third kappa shape index (κ3) is 2.32. The first-order chi connectivity index (χ1) is 9.52. The highest BCUT2D eigenvalue weighted by atomic mass is 35.5. The summed E-state index contributed by atoms with van der Waals surface area (Å²) in [5.41, 5.74) is 1.51. The number of hydrogen-bond acceptors (Lipinski definition) is 3. The Morgan fingerprint density at radius 1 is 1.40 bits per heavy atom. The molecule has 0 aliphatic carbocycles. The summed E-state index contributed by atoms with van der Waals surface area (Å²) in [6, 6.07) is 6.11. The Bertz CT molecular complexity index is 503. The first-order valence-electron chi connectivity index (χ1n) is 7.30. The molecule has 2 atom stereocenters. The Balaban J connectivity index is 1.76. The standard InChI is InChI=1S/C16H23ClN2O/c1-16(2)13-8-18-7-12(13)10-19(16)9-11-4-5-15(20-3)14(17)6-11/h4-6,12-13,18H,7-10H2,1-3H3.